The SMILES string of the molecule is CCOc1cc(C2C3=C(CCCC3=O)OC3=C2C(=O)CCC3)cc(I)c1OCC(=O)O. The van der Waals surface area contributed by atoms with Crippen LogP contribution in [0.5, 0.6) is 11.5 Å². The maximum Gasteiger partial charge on any atom is 0.341 e. The summed E-state index contributed by atoms with van der Waals surface area (Å²) in [7, 11) is 0. The summed E-state index contributed by atoms with van der Waals surface area (Å²) in [6, 6.07) is 3.60. The topological polar surface area (TPSA) is 99.1 Å². The summed E-state index contributed by atoms with van der Waals surface area (Å²) in [5.41, 5.74) is 1.89. The van der Waals surface area contributed by atoms with Gasteiger partial charge in [0.25, 0.3) is 0 Å². The second-order valence-electron chi connectivity index (χ2n) is 7.71. The fourth-order valence-corrected chi connectivity index (χ4v) is 5.22. The standard InChI is InChI=1S/C23H23IO7/c1-2-29-18-10-12(9-13(24)23(18)30-11-19(27)28)20-21-14(25)5-3-7-16(21)31-17-8-4-6-15(26)22(17)20/h9-10,20H,2-8,11H2,1H3,(H,27,28). The Hall–Kier alpha value is -2.36. The number of aliphatic carboxylic acids is 1. The lowest BCUT2D eigenvalue weighted by Gasteiger charge is -2.36. The van der Waals surface area contributed by atoms with Crippen molar-refractivity contribution < 1.29 is 33.7 Å². The number of benzene rings is 1. The van der Waals surface area contributed by atoms with Crippen LogP contribution in [-0.2, 0) is 19.1 Å². The van der Waals surface area contributed by atoms with Crippen molar-refractivity contribution >= 4 is 40.1 Å². The van der Waals surface area contributed by atoms with Crippen molar-refractivity contribution in [1.29, 1.82) is 0 Å². The van der Waals surface area contributed by atoms with Gasteiger partial charge in [-0.25, -0.2) is 4.79 Å². The number of carboxylic acid groups (broad SMARTS) is 1. The van der Waals surface area contributed by atoms with Crippen LogP contribution in [0.3, 0.4) is 0 Å². The van der Waals surface area contributed by atoms with Gasteiger partial charge < -0.3 is 19.3 Å². The number of hydrogen-bond acceptors (Lipinski definition) is 6. The van der Waals surface area contributed by atoms with Crippen LogP contribution >= 0.6 is 22.6 Å². The predicted octanol–water partition coefficient (Wildman–Crippen LogP) is 4.28. The highest BCUT2D eigenvalue weighted by Gasteiger charge is 2.42. The Morgan fingerprint density at radius 3 is 2.23 bits per heavy atom. The van der Waals surface area contributed by atoms with Gasteiger partial charge in [-0.3, -0.25) is 9.59 Å². The van der Waals surface area contributed by atoms with Gasteiger partial charge in [0.05, 0.1) is 10.2 Å². The summed E-state index contributed by atoms with van der Waals surface area (Å²) < 4.78 is 17.9. The molecule has 0 fully saturated rings. The number of ether oxygens (including phenoxy) is 3. The Balaban J connectivity index is 1.86. The first-order valence-corrected chi connectivity index (χ1v) is 11.5. The van der Waals surface area contributed by atoms with Gasteiger partial charge in [-0.1, -0.05) is 0 Å². The van der Waals surface area contributed by atoms with E-state index in [4.69, 9.17) is 19.3 Å². The number of carbonyl (C=O) groups is 3. The molecule has 0 bridgehead atoms. The Bertz CT molecular complexity index is 979. The number of hydrogen-bond donors (Lipinski definition) is 1. The van der Waals surface area contributed by atoms with Crippen LogP contribution in [-0.4, -0.2) is 35.9 Å². The molecule has 0 unspecified atom stereocenters. The predicted molar refractivity (Wildman–Crippen MR) is 119 cm³/mol. The molecule has 0 saturated carbocycles. The summed E-state index contributed by atoms with van der Waals surface area (Å²) in [6.07, 6.45) is 3.71. The van der Waals surface area contributed by atoms with Crippen molar-refractivity contribution in [2.75, 3.05) is 13.2 Å². The molecule has 0 amide bonds. The molecule has 31 heavy (non-hydrogen) atoms. The Kier molecular flexibility index (Phi) is 6.36. The lowest BCUT2D eigenvalue weighted by molar-refractivity contribution is -0.139. The van der Waals surface area contributed by atoms with Gasteiger partial charge in [0.2, 0.25) is 0 Å². The smallest absolute Gasteiger partial charge is 0.341 e. The molecule has 0 radical (unpaired) electrons. The van der Waals surface area contributed by atoms with Gasteiger partial charge in [-0.15, -0.1) is 0 Å². The summed E-state index contributed by atoms with van der Waals surface area (Å²) >= 11 is 2.07. The molecule has 1 heterocycles. The zero-order valence-corrected chi connectivity index (χ0v) is 19.3. The fraction of sp³-hybridized carbons (Fsp3) is 0.435. The summed E-state index contributed by atoms with van der Waals surface area (Å²) in [4.78, 5) is 36.9. The van der Waals surface area contributed by atoms with Crippen LogP contribution in [0.15, 0.2) is 34.8 Å². The molecule has 1 aromatic carbocycles. The summed E-state index contributed by atoms with van der Waals surface area (Å²) in [5, 5.41) is 8.99. The molecule has 7 nitrogen and oxygen atoms in total. The molecule has 1 N–H and O–H groups in total. The molecule has 3 aliphatic rings. The van der Waals surface area contributed by atoms with E-state index in [0.717, 1.165) is 18.4 Å². The second-order valence-corrected chi connectivity index (χ2v) is 8.87. The highest BCUT2D eigenvalue weighted by molar-refractivity contribution is 14.1. The van der Waals surface area contributed by atoms with Crippen molar-refractivity contribution in [1.82, 2.24) is 0 Å². The Labute approximate surface area is 193 Å². The molecule has 2 aliphatic carbocycles. The van der Waals surface area contributed by atoms with Crippen LogP contribution in [0, 0.1) is 3.57 Å². The monoisotopic (exact) mass is 538 g/mol. The average molecular weight is 538 g/mol. The third-order valence-corrected chi connectivity index (χ3v) is 6.45. The number of carbonyl (C=O) groups excluding carboxylic acids is 2. The van der Waals surface area contributed by atoms with E-state index in [1.165, 1.54) is 0 Å². The summed E-state index contributed by atoms with van der Waals surface area (Å²) in [6.45, 7) is 1.69. The number of carboxylic acids is 1. The first kappa shape index (κ1) is 21.9. The van der Waals surface area contributed by atoms with E-state index in [0.29, 0.717) is 70.0 Å². The molecule has 1 aromatic rings. The quantitative estimate of drug-likeness (QED) is 0.540. The maximum atomic E-state index is 12.9. The molecule has 1 aliphatic heterocycles. The first-order valence-electron chi connectivity index (χ1n) is 10.4. The normalized spacial score (nSPS) is 19.0. The van der Waals surface area contributed by atoms with Crippen LogP contribution < -0.4 is 9.47 Å². The third-order valence-electron chi connectivity index (χ3n) is 5.65. The van der Waals surface area contributed by atoms with Gasteiger partial charge in [0, 0.05) is 42.7 Å². The van der Waals surface area contributed by atoms with Crippen molar-refractivity contribution in [2.24, 2.45) is 0 Å². The second kappa shape index (κ2) is 9.02. The zero-order chi connectivity index (χ0) is 22.1. The van der Waals surface area contributed by atoms with Crippen molar-refractivity contribution in [2.45, 2.75) is 51.4 Å². The van der Waals surface area contributed by atoms with Crippen molar-refractivity contribution in [3.63, 3.8) is 0 Å². The number of Topliss-reactive ketones (excluding diaryl/α,β-unsaturated/α-hetero) is 2. The molecule has 0 atom stereocenters. The van der Waals surface area contributed by atoms with E-state index < -0.39 is 18.5 Å². The Morgan fingerprint density at radius 2 is 1.68 bits per heavy atom. The lowest BCUT2D eigenvalue weighted by Crippen LogP contribution is -2.30. The number of ketones is 2. The largest absolute Gasteiger partial charge is 0.490 e. The van der Waals surface area contributed by atoms with E-state index in [-0.39, 0.29) is 11.6 Å². The van der Waals surface area contributed by atoms with Crippen molar-refractivity contribution in [3.05, 3.63) is 43.9 Å². The number of rotatable bonds is 6. The molecule has 8 heteroatoms. The van der Waals surface area contributed by atoms with Gasteiger partial charge in [0.1, 0.15) is 11.5 Å². The van der Waals surface area contributed by atoms with E-state index in [1.807, 2.05) is 13.0 Å². The van der Waals surface area contributed by atoms with Gasteiger partial charge in [0.15, 0.2) is 29.7 Å². The minimum atomic E-state index is -1.09. The molecule has 0 saturated heterocycles. The molecule has 164 valence electrons. The zero-order valence-electron chi connectivity index (χ0n) is 17.2. The van der Waals surface area contributed by atoms with E-state index in [9.17, 15) is 14.4 Å². The highest BCUT2D eigenvalue weighted by atomic mass is 127. The third kappa shape index (κ3) is 4.22. The molecular formula is C23H23IO7. The molecular weight excluding hydrogens is 515 g/mol. The minimum absolute atomic E-state index is 0.00958. The Morgan fingerprint density at radius 1 is 1.06 bits per heavy atom. The fourth-order valence-electron chi connectivity index (χ4n) is 4.44. The average Bonchev–Trinajstić information content (AvgIpc) is 2.72. The lowest BCUT2D eigenvalue weighted by atomic mass is 9.73. The van der Waals surface area contributed by atoms with E-state index in [2.05, 4.69) is 22.6 Å². The van der Waals surface area contributed by atoms with Crippen LogP contribution in [0.1, 0.15) is 56.9 Å². The van der Waals surface area contributed by atoms with Crippen LogP contribution in [0.25, 0.3) is 0 Å². The van der Waals surface area contributed by atoms with Crippen LogP contribution in [0.2, 0.25) is 0 Å². The first-order chi connectivity index (χ1) is 14.9. The summed E-state index contributed by atoms with van der Waals surface area (Å²) in [5.74, 6) is 0.521. The maximum absolute atomic E-state index is 12.9. The van der Waals surface area contributed by atoms with Crippen molar-refractivity contribution in [3.8, 4) is 11.5 Å². The molecule has 0 spiro atoms. The number of allylic oxidation sites excluding steroid dienone is 4. The highest BCUT2D eigenvalue weighted by Crippen LogP contribution is 2.49. The van der Waals surface area contributed by atoms with E-state index >= 15 is 0 Å². The van der Waals surface area contributed by atoms with E-state index in [1.54, 1.807) is 6.07 Å². The molecule has 0 aromatic heterocycles. The minimum Gasteiger partial charge on any atom is -0.490 e. The van der Waals surface area contributed by atoms with Crippen LogP contribution in [0.4, 0.5) is 0 Å². The molecule has 4 rings (SSSR count). The van der Waals surface area contributed by atoms with Gasteiger partial charge in [-0.2, -0.15) is 0 Å². The van der Waals surface area contributed by atoms with Gasteiger partial charge >= 0.3 is 5.97 Å². The number of halogens is 1. The van der Waals surface area contributed by atoms with Gasteiger partial charge in [-0.05, 0) is 60.1 Å².